The molecular formula is C19H25N3O2S. The Labute approximate surface area is 153 Å². The molecule has 0 saturated carbocycles. The molecule has 1 aromatic carbocycles. The van der Waals surface area contributed by atoms with E-state index < -0.39 is 0 Å². The minimum atomic E-state index is -0.0105. The summed E-state index contributed by atoms with van der Waals surface area (Å²) in [7, 11) is 0. The summed E-state index contributed by atoms with van der Waals surface area (Å²) in [6, 6.07) is 9.54. The normalized spacial score (nSPS) is 15.0. The molecule has 0 spiro atoms. The Morgan fingerprint density at radius 3 is 2.80 bits per heavy atom. The number of benzene rings is 1. The van der Waals surface area contributed by atoms with Crippen LogP contribution in [0.2, 0.25) is 0 Å². The van der Waals surface area contributed by atoms with Crippen molar-refractivity contribution in [2.45, 2.75) is 38.8 Å². The molecule has 1 amide bonds. The van der Waals surface area contributed by atoms with E-state index in [1.807, 2.05) is 30.3 Å². The average Bonchev–Trinajstić information content (AvgIpc) is 3.09. The third kappa shape index (κ3) is 6.14. The predicted octanol–water partition coefficient (Wildman–Crippen LogP) is 3.21. The summed E-state index contributed by atoms with van der Waals surface area (Å²) >= 11 is 1.62. The number of thiazole rings is 1. The lowest BCUT2D eigenvalue weighted by molar-refractivity contribution is -0.121. The number of likely N-dealkylation sites (tertiary alicyclic amines) is 1. The first-order valence-electron chi connectivity index (χ1n) is 8.90. The monoisotopic (exact) mass is 359 g/mol. The van der Waals surface area contributed by atoms with Gasteiger partial charge in [0, 0.05) is 11.9 Å². The molecule has 1 aliphatic heterocycles. The number of nitrogens with zero attached hydrogens (tertiary/aromatic N) is 2. The quantitative estimate of drug-likeness (QED) is 0.786. The smallest absolute Gasteiger partial charge is 0.223 e. The highest BCUT2D eigenvalue weighted by molar-refractivity contribution is 7.09. The molecule has 3 rings (SSSR count). The summed E-state index contributed by atoms with van der Waals surface area (Å²) in [5.74, 6) is 0.779. The molecule has 0 unspecified atom stereocenters. The molecule has 0 atom stereocenters. The fraction of sp³-hybridized carbons (Fsp3) is 0.474. The van der Waals surface area contributed by atoms with Gasteiger partial charge in [-0.1, -0.05) is 24.6 Å². The van der Waals surface area contributed by atoms with Crippen LogP contribution in [-0.4, -0.2) is 35.5 Å². The van der Waals surface area contributed by atoms with E-state index in [-0.39, 0.29) is 5.91 Å². The van der Waals surface area contributed by atoms with Gasteiger partial charge in [0.25, 0.3) is 0 Å². The van der Waals surface area contributed by atoms with Gasteiger partial charge in [-0.3, -0.25) is 9.69 Å². The Morgan fingerprint density at radius 2 is 2.00 bits per heavy atom. The van der Waals surface area contributed by atoms with Crippen molar-refractivity contribution in [3.8, 4) is 5.75 Å². The van der Waals surface area contributed by atoms with Crippen LogP contribution in [0, 0.1) is 0 Å². The molecule has 0 radical (unpaired) electrons. The predicted molar refractivity (Wildman–Crippen MR) is 99.6 cm³/mol. The third-order valence-electron chi connectivity index (χ3n) is 4.21. The Hall–Kier alpha value is -1.92. The zero-order chi connectivity index (χ0) is 17.3. The van der Waals surface area contributed by atoms with Crippen LogP contribution >= 0.6 is 11.3 Å². The average molecular weight is 359 g/mol. The molecule has 2 heterocycles. The van der Waals surface area contributed by atoms with Crippen molar-refractivity contribution in [3.05, 3.63) is 46.4 Å². The number of nitrogens with one attached hydrogen (secondary N) is 1. The van der Waals surface area contributed by atoms with Crippen LogP contribution in [0.5, 0.6) is 5.75 Å². The summed E-state index contributed by atoms with van der Waals surface area (Å²) < 4.78 is 5.54. The topological polar surface area (TPSA) is 54.5 Å². The summed E-state index contributed by atoms with van der Waals surface area (Å²) in [5, 5.41) is 5.99. The molecule has 1 N–H and O–H groups in total. The molecular weight excluding hydrogens is 334 g/mol. The van der Waals surface area contributed by atoms with Crippen molar-refractivity contribution in [2.24, 2.45) is 0 Å². The third-order valence-corrected chi connectivity index (χ3v) is 5.11. The minimum Gasteiger partial charge on any atom is -0.493 e. The van der Waals surface area contributed by atoms with Crippen LogP contribution in [0.4, 0.5) is 0 Å². The van der Waals surface area contributed by atoms with E-state index in [0.717, 1.165) is 23.0 Å². The number of para-hydroxylation sites is 1. The summed E-state index contributed by atoms with van der Waals surface area (Å²) in [6.07, 6.45) is 4.27. The van der Waals surface area contributed by atoms with Crippen molar-refractivity contribution in [2.75, 3.05) is 19.7 Å². The number of aromatic nitrogens is 1. The summed E-state index contributed by atoms with van der Waals surface area (Å²) in [6.45, 7) is 4.15. The molecule has 5 nitrogen and oxygen atoms in total. The van der Waals surface area contributed by atoms with Gasteiger partial charge in [0.1, 0.15) is 10.8 Å². The number of piperidine rings is 1. The molecule has 0 bridgehead atoms. The Balaban J connectivity index is 1.34. The van der Waals surface area contributed by atoms with Gasteiger partial charge in [-0.05, 0) is 38.1 Å². The Morgan fingerprint density at radius 1 is 1.20 bits per heavy atom. The van der Waals surface area contributed by atoms with Crippen molar-refractivity contribution in [1.82, 2.24) is 15.2 Å². The van der Waals surface area contributed by atoms with Gasteiger partial charge in [0.2, 0.25) is 5.91 Å². The van der Waals surface area contributed by atoms with Crippen LogP contribution in [0.15, 0.2) is 35.7 Å². The van der Waals surface area contributed by atoms with E-state index in [2.05, 4.69) is 20.6 Å². The second kappa shape index (κ2) is 9.53. The number of amides is 1. The standard InChI is InChI=1S/C19H25N3O2S/c23-18(9-12-24-17-7-3-1-4-8-17)20-13-19-21-16(15-25-19)14-22-10-5-2-6-11-22/h1,3-4,7-8,15H,2,5-6,9-14H2,(H,20,23). The highest BCUT2D eigenvalue weighted by Crippen LogP contribution is 2.15. The molecule has 1 saturated heterocycles. The molecule has 1 aromatic heterocycles. The van der Waals surface area contributed by atoms with Crippen molar-refractivity contribution in [3.63, 3.8) is 0 Å². The first kappa shape index (κ1) is 17.9. The molecule has 0 aliphatic carbocycles. The highest BCUT2D eigenvalue weighted by Gasteiger charge is 2.12. The van der Waals surface area contributed by atoms with Gasteiger partial charge < -0.3 is 10.1 Å². The lowest BCUT2D eigenvalue weighted by Gasteiger charge is -2.25. The van der Waals surface area contributed by atoms with Crippen molar-refractivity contribution >= 4 is 17.2 Å². The van der Waals surface area contributed by atoms with E-state index in [1.54, 1.807) is 11.3 Å². The van der Waals surface area contributed by atoms with Gasteiger partial charge in [-0.2, -0.15) is 0 Å². The SMILES string of the molecule is O=C(CCOc1ccccc1)NCc1nc(CN2CCCCC2)cs1. The summed E-state index contributed by atoms with van der Waals surface area (Å²) in [4.78, 5) is 19.0. The fourth-order valence-corrected chi connectivity index (χ4v) is 3.62. The van der Waals surface area contributed by atoms with Crippen molar-refractivity contribution < 1.29 is 9.53 Å². The number of carbonyl (C=O) groups is 1. The fourth-order valence-electron chi connectivity index (χ4n) is 2.89. The Kier molecular flexibility index (Phi) is 6.82. The van der Waals surface area contributed by atoms with Crippen LogP contribution in [0.1, 0.15) is 36.4 Å². The molecule has 6 heteroatoms. The maximum absolute atomic E-state index is 11.9. The second-order valence-corrected chi connectivity index (χ2v) is 7.20. The Bertz CT molecular complexity index is 654. The molecule has 1 aliphatic rings. The molecule has 134 valence electrons. The highest BCUT2D eigenvalue weighted by atomic mass is 32.1. The lowest BCUT2D eigenvalue weighted by Crippen LogP contribution is -2.29. The lowest BCUT2D eigenvalue weighted by atomic mass is 10.1. The van der Waals surface area contributed by atoms with E-state index in [9.17, 15) is 4.79 Å². The molecule has 1 fully saturated rings. The van der Waals surface area contributed by atoms with Gasteiger partial charge >= 0.3 is 0 Å². The van der Waals surface area contributed by atoms with Crippen LogP contribution in [-0.2, 0) is 17.9 Å². The van der Waals surface area contributed by atoms with Crippen LogP contribution in [0.25, 0.3) is 0 Å². The summed E-state index contributed by atoms with van der Waals surface area (Å²) in [5.41, 5.74) is 1.11. The van der Waals surface area contributed by atoms with E-state index in [1.165, 1.54) is 32.4 Å². The minimum absolute atomic E-state index is 0.0105. The number of rotatable bonds is 8. The van der Waals surface area contributed by atoms with E-state index in [0.29, 0.717) is 19.6 Å². The van der Waals surface area contributed by atoms with Crippen molar-refractivity contribution in [1.29, 1.82) is 0 Å². The first-order chi connectivity index (χ1) is 12.3. The van der Waals surface area contributed by atoms with Crippen LogP contribution in [0.3, 0.4) is 0 Å². The zero-order valence-electron chi connectivity index (χ0n) is 14.4. The maximum Gasteiger partial charge on any atom is 0.223 e. The molecule has 25 heavy (non-hydrogen) atoms. The van der Waals surface area contributed by atoms with Crippen LogP contribution < -0.4 is 10.1 Å². The number of hydrogen-bond acceptors (Lipinski definition) is 5. The number of hydrogen-bond donors (Lipinski definition) is 1. The van der Waals surface area contributed by atoms with E-state index >= 15 is 0 Å². The van der Waals surface area contributed by atoms with Gasteiger partial charge in [0.05, 0.1) is 25.3 Å². The maximum atomic E-state index is 11.9. The number of carbonyl (C=O) groups excluding carboxylic acids is 1. The van der Waals surface area contributed by atoms with Gasteiger partial charge in [-0.15, -0.1) is 11.3 Å². The number of ether oxygens (including phenoxy) is 1. The largest absolute Gasteiger partial charge is 0.493 e. The zero-order valence-corrected chi connectivity index (χ0v) is 15.3. The van der Waals surface area contributed by atoms with Gasteiger partial charge in [0.15, 0.2) is 0 Å². The first-order valence-corrected chi connectivity index (χ1v) is 9.78. The molecule has 2 aromatic rings. The second-order valence-electron chi connectivity index (χ2n) is 6.26. The van der Waals surface area contributed by atoms with E-state index in [4.69, 9.17) is 4.74 Å². The van der Waals surface area contributed by atoms with Gasteiger partial charge in [-0.25, -0.2) is 4.98 Å².